The Morgan fingerprint density at radius 1 is 1.03 bits per heavy atom. The van der Waals surface area contributed by atoms with Crippen molar-refractivity contribution in [3.8, 4) is 0 Å². The Morgan fingerprint density at radius 2 is 1.83 bits per heavy atom. The number of aliphatic hydroxyl groups is 2. The number of fused-ring (bicyclic) bond motifs is 5. The topological polar surface area (TPSA) is 40.5 Å². The van der Waals surface area contributed by atoms with Crippen LogP contribution in [0.5, 0.6) is 0 Å². The summed E-state index contributed by atoms with van der Waals surface area (Å²) in [5, 5.41) is 19.5. The quantitative estimate of drug-likeness (QED) is 0.507. The molecule has 0 aromatic heterocycles. The van der Waals surface area contributed by atoms with Crippen molar-refractivity contribution in [2.45, 2.75) is 104 Å². The van der Waals surface area contributed by atoms with Gasteiger partial charge in [0.25, 0.3) is 0 Å². The zero-order chi connectivity index (χ0) is 20.8. The Bertz CT molecular complexity index is 612. The number of rotatable bonds is 6. The van der Waals surface area contributed by atoms with Crippen LogP contribution in [0, 0.1) is 46.3 Å². The summed E-state index contributed by atoms with van der Waals surface area (Å²) in [6, 6.07) is 0. The van der Waals surface area contributed by atoms with E-state index in [9.17, 15) is 10.2 Å². The molecule has 2 N–H and O–H groups in total. The fraction of sp³-hybridized carbons (Fsp3) is 0.926. The van der Waals surface area contributed by atoms with Crippen LogP contribution in [0.2, 0.25) is 0 Å². The summed E-state index contributed by atoms with van der Waals surface area (Å²) >= 11 is 0. The van der Waals surface area contributed by atoms with Crippen LogP contribution in [0.25, 0.3) is 0 Å². The average Bonchev–Trinajstić information content (AvgIpc) is 3.05. The highest BCUT2D eigenvalue weighted by Gasteiger charge is 2.59. The Morgan fingerprint density at radius 3 is 2.59 bits per heavy atom. The van der Waals surface area contributed by atoms with Crippen LogP contribution < -0.4 is 0 Å². The van der Waals surface area contributed by atoms with Gasteiger partial charge >= 0.3 is 0 Å². The normalized spacial score (nSPS) is 46.3. The molecule has 0 aromatic rings. The molecule has 29 heavy (non-hydrogen) atoms. The zero-order valence-electron chi connectivity index (χ0n) is 19.5. The second-order valence-electron chi connectivity index (χ2n) is 12.1. The van der Waals surface area contributed by atoms with Gasteiger partial charge in [-0.2, -0.15) is 0 Å². The number of hydrogen-bond acceptors (Lipinski definition) is 2. The Labute approximate surface area is 179 Å². The maximum Gasteiger partial charge on any atom is 0.0577 e. The molecule has 4 aliphatic carbocycles. The van der Waals surface area contributed by atoms with Gasteiger partial charge in [0.2, 0.25) is 0 Å². The molecule has 4 rings (SSSR count). The summed E-state index contributed by atoms with van der Waals surface area (Å²) in [5.41, 5.74) is 2.51. The van der Waals surface area contributed by atoms with E-state index in [1.165, 1.54) is 57.8 Å². The van der Waals surface area contributed by atoms with Crippen molar-refractivity contribution in [1.82, 2.24) is 0 Å². The first-order chi connectivity index (χ1) is 13.8. The molecule has 2 heteroatoms. The molecule has 1 unspecified atom stereocenters. The second-order valence-corrected chi connectivity index (χ2v) is 12.1. The molecule has 0 aromatic carbocycles. The summed E-state index contributed by atoms with van der Waals surface area (Å²) in [6.07, 6.45) is 16.4. The molecule has 0 heterocycles. The number of hydrogen-bond donors (Lipinski definition) is 2. The van der Waals surface area contributed by atoms with Crippen LogP contribution in [0.1, 0.15) is 98.3 Å². The first-order valence-corrected chi connectivity index (χ1v) is 12.8. The third-order valence-corrected chi connectivity index (χ3v) is 10.5. The highest BCUT2D eigenvalue weighted by molar-refractivity contribution is 5.25. The van der Waals surface area contributed by atoms with Gasteiger partial charge in [-0.05, 0) is 104 Å². The Hall–Kier alpha value is -0.340. The molecular formula is C27H46O2. The van der Waals surface area contributed by atoms with E-state index in [-0.39, 0.29) is 6.10 Å². The van der Waals surface area contributed by atoms with E-state index in [1.807, 2.05) is 0 Å². The molecule has 3 saturated carbocycles. The van der Waals surface area contributed by atoms with Crippen LogP contribution in [0.4, 0.5) is 0 Å². The predicted molar refractivity (Wildman–Crippen MR) is 120 cm³/mol. The molecule has 4 aliphatic rings. The van der Waals surface area contributed by atoms with Gasteiger partial charge in [0.15, 0.2) is 0 Å². The third-order valence-electron chi connectivity index (χ3n) is 10.5. The van der Waals surface area contributed by atoms with Crippen LogP contribution in [-0.2, 0) is 0 Å². The lowest BCUT2D eigenvalue weighted by atomic mass is 9.47. The van der Waals surface area contributed by atoms with Gasteiger partial charge in [-0.1, -0.05) is 52.2 Å². The molecule has 0 bridgehead atoms. The molecule has 3 fully saturated rings. The number of aliphatic hydroxyl groups excluding tert-OH is 2. The minimum atomic E-state index is -0.0926. The SMILES string of the molecule is CC(CO)CCC[C@H](C)[C@@H]1CC[C@@H]2[C@H]3CC=C4C[C@H](O)CC[C@@]4(C)[C@@H]3CC[C@]21C. The summed E-state index contributed by atoms with van der Waals surface area (Å²) in [5.74, 6) is 4.82. The third kappa shape index (κ3) is 3.75. The van der Waals surface area contributed by atoms with E-state index in [0.29, 0.717) is 23.4 Å². The maximum absolute atomic E-state index is 10.2. The maximum atomic E-state index is 10.2. The fourth-order valence-electron chi connectivity index (χ4n) is 8.70. The molecule has 0 spiro atoms. The van der Waals surface area contributed by atoms with Crippen molar-refractivity contribution in [2.24, 2.45) is 46.3 Å². The Kier molecular flexibility index (Phi) is 6.26. The molecule has 9 atom stereocenters. The largest absolute Gasteiger partial charge is 0.396 e. The smallest absolute Gasteiger partial charge is 0.0577 e. The van der Waals surface area contributed by atoms with Crippen molar-refractivity contribution in [3.63, 3.8) is 0 Å². The average molecular weight is 403 g/mol. The first kappa shape index (κ1) is 21.9. The molecule has 166 valence electrons. The van der Waals surface area contributed by atoms with Crippen molar-refractivity contribution in [1.29, 1.82) is 0 Å². The molecular weight excluding hydrogens is 356 g/mol. The van der Waals surface area contributed by atoms with Crippen molar-refractivity contribution in [3.05, 3.63) is 11.6 Å². The predicted octanol–water partition coefficient (Wildman–Crippen LogP) is 6.36. The van der Waals surface area contributed by atoms with Crippen LogP contribution in [0.15, 0.2) is 11.6 Å². The van der Waals surface area contributed by atoms with Gasteiger partial charge < -0.3 is 10.2 Å². The van der Waals surface area contributed by atoms with Crippen LogP contribution in [-0.4, -0.2) is 22.9 Å². The van der Waals surface area contributed by atoms with Gasteiger partial charge in [0.05, 0.1) is 6.10 Å². The summed E-state index contributed by atoms with van der Waals surface area (Å²) in [7, 11) is 0. The molecule has 0 amide bonds. The van der Waals surface area contributed by atoms with Gasteiger partial charge in [-0.15, -0.1) is 0 Å². The highest BCUT2D eigenvalue weighted by atomic mass is 16.3. The molecule has 0 aliphatic heterocycles. The lowest BCUT2D eigenvalue weighted by Gasteiger charge is -2.58. The van der Waals surface area contributed by atoms with Crippen LogP contribution in [0.3, 0.4) is 0 Å². The molecule has 0 radical (unpaired) electrons. The van der Waals surface area contributed by atoms with Crippen molar-refractivity contribution >= 4 is 0 Å². The second kappa shape index (κ2) is 8.30. The van der Waals surface area contributed by atoms with Gasteiger partial charge in [0, 0.05) is 6.61 Å². The molecule has 2 nitrogen and oxygen atoms in total. The summed E-state index contributed by atoms with van der Waals surface area (Å²) in [4.78, 5) is 0. The van der Waals surface area contributed by atoms with Crippen LogP contribution >= 0.6 is 0 Å². The Balaban J connectivity index is 1.46. The first-order valence-electron chi connectivity index (χ1n) is 12.8. The monoisotopic (exact) mass is 402 g/mol. The number of allylic oxidation sites excluding steroid dienone is 1. The van der Waals surface area contributed by atoms with E-state index in [4.69, 9.17) is 0 Å². The van der Waals surface area contributed by atoms with Crippen molar-refractivity contribution < 1.29 is 10.2 Å². The van der Waals surface area contributed by atoms with E-state index < -0.39 is 0 Å². The standard InChI is InChI=1S/C27H46O2/c1-18(17-28)6-5-7-19(2)23-10-11-24-22-9-8-20-16-21(29)12-14-26(20,3)25(22)13-15-27(23,24)4/h8,18-19,21-25,28-29H,5-7,9-17H2,1-4H3/t18?,19-,21+,22+,23-,24+,25+,26+,27-/m0/s1. The minimum absolute atomic E-state index is 0.0926. The van der Waals surface area contributed by atoms with E-state index in [1.54, 1.807) is 5.57 Å². The molecule has 0 saturated heterocycles. The van der Waals surface area contributed by atoms with E-state index in [2.05, 4.69) is 33.8 Å². The van der Waals surface area contributed by atoms with E-state index in [0.717, 1.165) is 42.4 Å². The minimum Gasteiger partial charge on any atom is -0.396 e. The van der Waals surface area contributed by atoms with Gasteiger partial charge in [0.1, 0.15) is 0 Å². The van der Waals surface area contributed by atoms with Gasteiger partial charge in [-0.3, -0.25) is 0 Å². The van der Waals surface area contributed by atoms with Crippen molar-refractivity contribution in [2.75, 3.05) is 6.61 Å². The highest BCUT2D eigenvalue weighted by Crippen LogP contribution is 2.67. The fourth-order valence-corrected chi connectivity index (χ4v) is 8.70. The summed E-state index contributed by atoms with van der Waals surface area (Å²) < 4.78 is 0. The van der Waals surface area contributed by atoms with Gasteiger partial charge in [-0.25, -0.2) is 0 Å². The lowest BCUT2D eigenvalue weighted by Crippen LogP contribution is -2.50. The summed E-state index contributed by atoms with van der Waals surface area (Å²) in [6.45, 7) is 10.2. The van der Waals surface area contributed by atoms with E-state index >= 15 is 0 Å². The lowest BCUT2D eigenvalue weighted by molar-refractivity contribution is -0.0573. The zero-order valence-corrected chi connectivity index (χ0v) is 19.5.